The maximum absolute atomic E-state index is 12.4. The highest BCUT2D eigenvalue weighted by atomic mass is 16.2. The van der Waals surface area contributed by atoms with Gasteiger partial charge in [0.25, 0.3) is 0 Å². The van der Waals surface area contributed by atoms with E-state index in [0.29, 0.717) is 6.42 Å². The second-order valence-electron chi connectivity index (χ2n) is 7.59. The van der Waals surface area contributed by atoms with Crippen molar-refractivity contribution < 1.29 is 4.79 Å². The van der Waals surface area contributed by atoms with Crippen molar-refractivity contribution in [3.63, 3.8) is 0 Å². The van der Waals surface area contributed by atoms with E-state index in [1.54, 1.807) is 0 Å². The Bertz CT molecular complexity index is 660. The Morgan fingerprint density at radius 3 is 2.54 bits per heavy atom. The first-order chi connectivity index (χ1) is 11.4. The summed E-state index contributed by atoms with van der Waals surface area (Å²) in [4.78, 5) is 24.8. The Morgan fingerprint density at radius 1 is 1.17 bits per heavy atom. The van der Waals surface area contributed by atoms with Crippen molar-refractivity contribution >= 4 is 16.9 Å². The summed E-state index contributed by atoms with van der Waals surface area (Å²) in [5.41, 5.74) is 2.26. The molecule has 0 atom stereocenters. The minimum atomic E-state index is 0.191. The molecule has 1 saturated heterocycles. The molecule has 5 nitrogen and oxygen atoms in total. The minimum absolute atomic E-state index is 0.191. The quantitative estimate of drug-likeness (QED) is 0.939. The molecule has 1 aromatic carbocycles. The number of fused-ring (bicyclic) bond motifs is 1. The third-order valence-corrected chi connectivity index (χ3v) is 4.82. The Morgan fingerprint density at radius 2 is 1.88 bits per heavy atom. The van der Waals surface area contributed by atoms with Crippen molar-refractivity contribution in [2.45, 2.75) is 45.6 Å². The largest absolute Gasteiger partial charge is 0.342 e. The molecule has 1 amide bonds. The number of H-pyrrole nitrogens is 1. The molecular formula is C19H28N4O. The minimum Gasteiger partial charge on any atom is -0.342 e. The number of rotatable bonds is 4. The molecule has 2 aromatic rings. The van der Waals surface area contributed by atoms with Gasteiger partial charge in [-0.05, 0) is 39.3 Å². The smallest absolute Gasteiger partial charge is 0.222 e. The Labute approximate surface area is 144 Å². The molecule has 5 heteroatoms. The number of benzene rings is 1. The molecular weight excluding hydrogens is 300 g/mol. The van der Waals surface area contributed by atoms with E-state index in [4.69, 9.17) is 0 Å². The Hall–Kier alpha value is -1.88. The molecule has 1 aliphatic heterocycles. The molecule has 1 aliphatic rings. The molecule has 2 heterocycles. The number of piperazine rings is 1. The fourth-order valence-corrected chi connectivity index (χ4v) is 3.32. The van der Waals surface area contributed by atoms with E-state index in [0.717, 1.165) is 55.9 Å². The monoisotopic (exact) mass is 328 g/mol. The number of amides is 1. The summed E-state index contributed by atoms with van der Waals surface area (Å²) >= 11 is 0. The average molecular weight is 328 g/mol. The lowest BCUT2D eigenvalue weighted by Crippen LogP contribution is -2.54. The highest BCUT2D eigenvalue weighted by Gasteiger charge is 2.27. The van der Waals surface area contributed by atoms with Gasteiger partial charge in [0.05, 0.1) is 11.0 Å². The number of nitrogens with one attached hydrogen (secondary N) is 1. The van der Waals surface area contributed by atoms with Crippen LogP contribution in [0.2, 0.25) is 0 Å². The first-order valence-corrected chi connectivity index (χ1v) is 8.90. The zero-order chi connectivity index (χ0) is 17.2. The number of aromatic nitrogens is 2. The topological polar surface area (TPSA) is 52.2 Å². The normalized spacial score (nSPS) is 16.7. The van der Waals surface area contributed by atoms with Crippen molar-refractivity contribution in [1.82, 2.24) is 19.8 Å². The predicted octanol–water partition coefficient (Wildman–Crippen LogP) is 2.83. The van der Waals surface area contributed by atoms with Gasteiger partial charge in [-0.3, -0.25) is 9.69 Å². The predicted molar refractivity (Wildman–Crippen MR) is 96.9 cm³/mol. The first kappa shape index (κ1) is 17.0. The SMILES string of the molecule is CC(C)(C)N1CCN(C(=O)CCCc2nc3ccccc3[nH]2)CC1. The van der Waals surface area contributed by atoms with Crippen LogP contribution in [-0.4, -0.2) is 57.4 Å². The number of imidazole rings is 1. The molecule has 3 rings (SSSR count). The van der Waals surface area contributed by atoms with Gasteiger partial charge in [-0.25, -0.2) is 4.98 Å². The third-order valence-electron chi connectivity index (χ3n) is 4.82. The van der Waals surface area contributed by atoms with Crippen LogP contribution in [0.4, 0.5) is 0 Å². The second-order valence-corrected chi connectivity index (χ2v) is 7.59. The van der Waals surface area contributed by atoms with E-state index in [-0.39, 0.29) is 11.4 Å². The van der Waals surface area contributed by atoms with E-state index in [9.17, 15) is 4.79 Å². The van der Waals surface area contributed by atoms with Gasteiger partial charge in [0.1, 0.15) is 5.82 Å². The number of hydrogen-bond acceptors (Lipinski definition) is 3. The number of carbonyl (C=O) groups is 1. The zero-order valence-corrected chi connectivity index (χ0v) is 15.0. The van der Waals surface area contributed by atoms with Crippen LogP contribution in [0.15, 0.2) is 24.3 Å². The van der Waals surface area contributed by atoms with Crippen molar-refractivity contribution in [1.29, 1.82) is 0 Å². The summed E-state index contributed by atoms with van der Waals surface area (Å²) in [5, 5.41) is 0. The fraction of sp³-hybridized carbons (Fsp3) is 0.579. The molecule has 24 heavy (non-hydrogen) atoms. The lowest BCUT2D eigenvalue weighted by molar-refractivity contribution is -0.133. The molecule has 1 N–H and O–H groups in total. The summed E-state index contributed by atoms with van der Waals surface area (Å²) in [6.45, 7) is 10.3. The number of hydrogen-bond donors (Lipinski definition) is 1. The molecule has 1 fully saturated rings. The van der Waals surface area contributed by atoms with Gasteiger partial charge >= 0.3 is 0 Å². The van der Waals surface area contributed by atoms with Crippen LogP contribution in [0.1, 0.15) is 39.4 Å². The maximum Gasteiger partial charge on any atom is 0.222 e. The van der Waals surface area contributed by atoms with Crippen molar-refractivity contribution in [3.05, 3.63) is 30.1 Å². The van der Waals surface area contributed by atoms with Crippen molar-refractivity contribution in [2.75, 3.05) is 26.2 Å². The summed E-state index contributed by atoms with van der Waals surface area (Å²) < 4.78 is 0. The molecule has 0 radical (unpaired) electrons. The van der Waals surface area contributed by atoms with Gasteiger partial charge < -0.3 is 9.88 Å². The number of aromatic amines is 1. The van der Waals surface area contributed by atoms with Gasteiger partial charge in [0.15, 0.2) is 0 Å². The molecule has 0 aliphatic carbocycles. The molecule has 0 spiro atoms. The molecule has 0 bridgehead atoms. The highest BCUT2D eigenvalue weighted by Crippen LogP contribution is 2.17. The van der Waals surface area contributed by atoms with E-state index in [1.807, 2.05) is 29.2 Å². The fourth-order valence-electron chi connectivity index (χ4n) is 3.32. The van der Waals surface area contributed by atoms with Crippen LogP contribution < -0.4 is 0 Å². The summed E-state index contributed by atoms with van der Waals surface area (Å²) in [5.74, 6) is 1.25. The van der Waals surface area contributed by atoms with Crippen LogP contribution in [0.3, 0.4) is 0 Å². The second kappa shape index (κ2) is 6.93. The molecule has 1 aromatic heterocycles. The van der Waals surface area contributed by atoms with Gasteiger partial charge in [-0.15, -0.1) is 0 Å². The van der Waals surface area contributed by atoms with Crippen molar-refractivity contribution in [3.8, 4) is 0 Å². The lowest BCUT2D eigenvalue weighted by Gasteiger charge is -2.42. The molecule has 0 unspecified atom stereocenters. The zero-order valence-electron chi connectivity index (χ0n) is 15.0. The Balaban J connectivity index is 1.44. The highest BCUT2D eigenvalue weighted by molar-refractivity contribution is 5.76. The van der Waals surface area contributed by atoms with Crippen LogP contribution >= 0.6 is 0 Å². The van der Waals surface area contributed by atoms with Crippen LogP contribution in [0.5, 0.6) is 0 Å². The maximum atomic E-state index is 12.4. The summed E-state index contributed by atoms with van der Waals surface area (Å²) in [7, 11) is 0. The lowest BCUT2D eigenvalue weighted by atomic mass is 10.0. The molecule has 0 saturated carbocycles. The standard InChI is InChI=1S/C19H28N4O/c1-19(2,3)23-13-11-22(12-14-23)18(24)10-6-9-17-20-15-7-4-5-8-16(15)21-17/h4-5,7-8H,6,9-14H2,1-3H3,(H,20,21). The Kier molecular flexibility index (Phi) is 4.90. The average Bonchev–Trinajstić information content (AvgIpc) is 2.96. The van der Waals surface area contributed by atoms with Gasteiger partial charge in [0.2, 0.25) is 5.91 Å². The van der Waals surface area contributed by atoms with Crippen LogP contribution in [-0.2, 0) is 11.2 Å². The van der Waals surface area contributed by atoms with Crippen LogP contribution in [0.25, 0.3) is 11.0 Å². The number of nitrogens with zero attached hydrogens (tertiary/aromatic N) is 3. The first-order valence-electron chi connectivity index (χ1n) is 8.90. The third kappa shape index (κ3) is 3.96. The number of carbonyl (C=O) groups excluding carboxylic acids is 1. The van der Waals surface area contributed by atoms with Gasteiger partial charge in [0, 0.05) is 44.6 Å². The van der Waals surface area contributed by atoms with Crippen molar-refractivity contribution in [2.24, 2.45) is 0 Å². The van der Waals surface area contributed by atoms with Crippen LogP contribution in [0, 0.1) is 0 Å². The molecule has 130 valence electrons. The van der Waals surface area contributed by atoms with E-state index in [2.05, 4.69) is 35.6 Å². The summed E-state index contributed by atoms with van der Waals surface area (Å²) in [6.07, 6.45) is 2.27. The number of para-hydroxylation sites is 2. The van der Waals surface area contributed by atoms with E-state index < -0.39 is 0 Å². The number of aryl methyl sites for hydroxylation is 1. The van der Waals surface area contributed by atoms with E-state index >= 15 is 0 Å². The van der Waals surface area contributed by atoms with Gasteiger partial charge in [-0.1, -0.05) is 12.1 Å². The van der Waals surface area contributed by atoms with Gasteiger partial charge in [-0.2, -0.15) is 0 Å². The summed E-state index contributed by atoms with van der Waals surface area (Å²) in [6, 6.07) is 8.04. The van der Waals surface area contributed by atoms with E-state index in [1.165, 1.54) is 0 Å².